The van der Waals surface area contributed by atoms with Crippen molar-refractivity contribution in [1.82, 2.24) is 9.97 Å². The number of rotatable bonds is 7. The lowest BCUT2D eigenvalue weighted by atomic mass is 10.1. The van der Waals surface area contributed by atoms with E-state index in [1.54, 1.807) is 6.33 Å². The Morgan fingerprint density at radius 1 is 1.14 bits per heavy atom. The van der Waals surface area contributed by atoms with Crippen LogP contribution in [0.3, 0.4) is 0 Å². The third-order valence-corrected chi connectivity index (χ3v) is 3.48. The van der Waals surface area contributed by atoms with Crippen molar-refractivity contribution in [3.05, 3.63) is 41.7 Å². The molecule has 1 aromatic heterocycles. The summed E-state index contributed by atoms with van der Waals surface area (Å²) < 4.78 is 0. The Morgan fingerprint density at radius 3 is 2.67 bits per heavy atom. The molecule has 5 heteroatoms. The number of hydrogen-bond acceptors (Lipinski definition) is 4. The number of aromatic nitrogens is 2. The summed E-state index contributed by atoms with van der Waals surface area (Å²) >= 11 is 5.98. The van der Waals surface area contributed by atoms with Crippen LogP contribution in [0.5, 0.6) is 0 Å². The first-order chi connectivity index (χ1) is 10.2. The van der Waals surface area contributed by atoms with Crippen molar-refractivity contribution in [1.29, 1.82) is 0 Å². The van der Waals surface area contributed by atoms with Crippen LogP contribution in [-0.4, -0.2) is 16.0 Å². The molecule has 0 spiro atoms. The minimum Gasteiger partial charge on any atom is -0.367 e. The van der Waals surface area contributed by atoms with Gasteiger partial charge in [-0.05, 0) is 31.0 Å². The van der Waals surface area contributed by atoms with Crippen LogP contribution in [0.15, 0.2) is 36.7 Å². The van der Waals surface area contributed by atoms with Crippen molar-refractivity contribution in [2.24, 2.45) is 0 Å². The van der Waals surface area contributed by atoms with Gasteiger partial charge in [-0.15, -0.1) is 0 Å². The Balaban J connectivity index is 2.06. The molecular formula is C16H21ClN4. The van der Waals surface area contributed by atoms with E-state index in [0.717, 1.165) is 36.6 Å². The highest BCUT2D eigenvalue weighted by Gasteiger charge is 2.06. The molecule has 2 rings (SSSR count). The van der Waals surface area contributed by atoms with Crippen LogP contribution in [0.2, 0.25) is 5.02 Å². The van der Waals surface area contributed by atoms with Crippen molar-refractivity contribution >= 4 is 28.9 Å². The highest BCUT2D eigenvalue weighted by molar-refractivity contribution is 6.30. The molecule has 0 amide bonds. The summed E-state index contributed by atoms with van der Waals surface area (Å²) in [6.45, 7) is 4.37. The zero-order chi connectivity index (χ0) is 15.1. The van der Waals surface area contributed by atoms with Crippen LogP contribution >= 0.6 is 11.6 Å². The Hall–Kier alpha value is -1.81. The maximum Gasteiger partial charge on any atom is 0.135 e. The van der Waals surface area contributed by atoms with Gasteiger partial charge in [0.1, 0.15) is 18.0 Å². The fourth-order valence-corrected chi connectivity index (χ4v) is 2.34. The van der Waals surface area contributed by atoms with E-state index in [1.165, 1.54) is 0 Å². The van der Waals surface area contributed by atoms with Gasteiger partial charge in [-0.3, -0.25) is 0 Å². The highest BCUT2D eigenvalue weighted by atomic mass is 35.5. The van der Waals surface area contributed by atoms with Crippen LogP contribution in [0.4, 0.5) is 17.3 Å². The maximum atomic E-state index is 5.98. The molecule has 1 aromatic carbocycles. The number of hydrogen-bond donors (Lipinski definition) is 2. The summed E-state index contributed by atoms with van der Waals surface area (Å²) in [5, 5.41) is 7.38. The van der Waals surface area contributed by atoms with E-state index in [1.807, 2.05) is 30.3 Å². The van der Waals surface area contributed by atoms with Gasteiger partial charge in [-0.2, -0.15) is 0 Å². The summed E-state index contributed by atoms with van der Waals surface area (Å²) in [6.07, 6.45) is 4.94. The molecule has 1 atom stereocenters. The summed E-state index contributed by atoms with van der Waals surface area (Å²) in [5.74, 6) is 1.59. The number of halogens is 1. The first-order valence-corrected chi connectivity index (χ1v) is 7.70. The first-order valence-electron chi connectivity index (χ1n) is 7.32. The van der Waals surface area contributed by atoms with Crippen molar-refractivity contribution in [2.45, 2.75) is 39.2 Å². The zero-order valence-corrected chi connectivity index (χ0v) is 13.2. The summed E-state index contributed by atoms with van der Waals surface area (Å²) in [7, 11) is 0. The number of nitrogens with zero attached hydrogens (tertiary/aromatic N) is 2. The van der Waals surface area contributed by atoms with Gasteiger partial charge in [0.15, 0.2) is 0 Å². The molecule has 2 N–H and O–H groups in total. The Morgan fingerprint density at radius 2 is 1.95 bits per heavy atom. The summed E-state index contributed by atoms with van der Waals surface area (Å²) in [6, 6.07) is 9.92. The van der Waals surface area contributed by atoms with Gasteiger partial charge in [-0.1, -0.05) is 37.9 Å². The molecule has 112 valence electrons. The van der Waals surface area contributed by atoms with Crippen molar-refractivity contribution in [3.8, 4) is 0 Å². The van der Waals surface area contributed by atoms with Crippen LogP contribution < -0.4 is 10.6 Å². The lowest BCUT2D eigenvalue weighted by molar-refractivity contribution is 0.620. The standard InChI is InChI=1S/C16H21ClN4/c1-3-6-13(4-2)20-15-10-16(19-11-18-15)21-14-8-5-7-12(17)9-14/h5,7-11,13H,3-4,6H2,1-2H3,(H2,18,19,20,21). The second-order valence-corrected chi connectivity index (χ2v) is 5.40. The molecule has 0 radical (unpaired) electrons. The molecule has 0 bridgehead atoms. The number of anilines is 3. The molecule has 0 fully saturated rings. The van der Waals surface area contributed by atoms with Crippen molar-refractivity contribution in [2.75, 3.05) is 10.6 Å². The summed E-state index contributed by atoms with van der Waals surface area (Å²) in [4.78, 5) is 8.52. The molecule has 0 saturated heterocycles. The predicted octanol–water partition coefficient (Wildman–Crippen LogP) is 4.86. The van der Waals surface area contributed by atoms with Crippen molar-refractivity contribution < 1.29 is 0 Å². The van der Waals surface area contributed by atoms with Gasteiger partial charge in [-0.25, -0.2) is 9.97 Å². The van der Waals surface area contributed by atoms with E-state index < -0.39 is 0 Å². The van der Waals surface area contributed by atoms with E-state index in [-0.39, 0.29) is 0 Å². The fraction of sp³-hybridized carbons (Fsp3) is 0.375. The minimum atomic E-state index is 0.448. The van der Waals surface area contributed by atoms with Crippen LogP contribution in [-0.2, 0) is 0 Å². The monoisotopic (exact) mass is 304 g/mol. The molecule has 0 aliphatic heterocycles. The van der Waals surface area contributed by atoms with Gasteiger partial charge in [0.25, 0.3) is 0 Å². The van der Waals surface area contributed by atoms with E-state index in [9.17, 15) is 0 Å². The molecule has 1 heterocycles. The minimum absolute atomic E-state index is 0.448. The first kappa shape index (κ1) is 15.6. The molecule has 0 saturated carbocycles. The Bertz CT molecular complexity index is 574. The SMILES string of the molecule is CCCC(CC)Nc1cc(Nc2cccc(Cl)c2)ncn1. The lowest BCUT2D eigenvalue weighted by Gasteiger charge is -2.17. The van der Waals surface area contributed by atoms with E-state index >= 15 is 0 Å². The molecule has 0 aliphatic carbocycles. The molecule has 2 aromatic rings. The fourth-order valence-electron chi connectivity index (χ4n) is 2.15. The van der Waals surface area contributed by atoms with E-state index in [4.69, 9.17) is 11.6 Å². The third-order valence-electron chi connectivity index (χ3n) is 3.25. The number of benzene rings is 1. The van der Waals surface area contributed by atoms with Gasteiger partial charge in [0, 0.05) is 22.8 Å². The quantitative estimate of drug-likeness (QED) is 0.766. The predicted molar refractivity (Wildman–Crippen MR) is 89.4 cm³/mol. The second kappa shape index (κ2) is 7.84. The van der Waals surface area contributed by atoms with E-state index in [2.05, 4.69) is 34.4 Å². The molecule has 1 unspecified atom stereocenters. The molecule has 21 heavy (non-hydrogen) atoms. The average Bonchev–Trinajstić information content (AvgIpc) is 2.47. The van der Waals surface area contributed by atoms with Crippen molar-refractivity contribution in [3.63, 3.8) is 0 Å². The topological polar surface area (TPSA) is 49.8 Å². The zero-order valence-electron chi connectivity index (χ0n) is 12.4. The molecule has 0 aliphatic rings. The summed E-state index contributed by atoms with van der Waals surface area (Å²) in [5.41, 5.74) is 0.910. The second-order valence-electron chi connectivity index (χ2n) is 4.96. The number of nitrogens with one attached hydrogen (secondary N) is 2. The van der Waals surface area contributed by atoms with Gasteiger partial charge >= 0.3 is 0 Å². The highest BCUT2D eigenvalue weighted by Crippen LogP contribution is 2.20. The molecule has 4 nitrogen and oxygen atoms in total. The maximum absolute atomic E-state index is 5.98. The lowest BCUT2D eigenvalue weighted by Crippen LogP contribution is -2.18. The van der Waals surface area contributed by atoms with E-state index in [0.29, 0.717) is 11.1 Å². The van der Waals surface area contributed by atoms with Crippen LogP contribution in [0.1, 0.15) is 33.1 Å². The largest absolute Gasteiger partial charge is 0.367 e. The molecular weight excluding hydrogens is 284 g/mol. The normalized spacial score (nSPS) is 12.0. The Kier molecular flexibility index (Phi) is 5.81. The third kappa shape index (κ3) is 4.90. The average molecular weight is 305 g/mol. The van der Waals surface area contributed by atoms with Gasteiger partial charge < -0.3 is 10.6 Å². The van der Waals surface area contributed by atoms with Crippen LogP contribution in [0.25, 0.3) is 0 Å². The Labute approximate surface area is 131 Å². The van der Waals surface area contributed by atoms with Gasteiger partial charge in [0.05, 0.1) is 0 Å². The van der Waals surface area contributed by atoms with Gasteiger partial charge in [0.2, 0.25) is 0 Å². The smallest absolute Gasteiger partial charge is 0.135 e. The van der Waals surface area contributed by atoms with Crippen LogP contribution in [0, 0.1) is 0 Å².